The van der Waals surface area contributed by atoms with E-state index in [1.807, 2.05) is 37.3 Å². The maximum absolute atomic E-state index is 12.8. The third-order valence-electron chi connectivity index (χ3n) is 5.05. The summed E-state index contributed by atoms with van der Waals surface area (Å²) in [5, 5.41) is 10.5. The van der Waals surface area contributed by atoms with Crippen molar-refractivity contribution in [3.8, 4) is 22.6 Å². The number of phenols is 1. The molecule has 0 aliphatic carbocycles. The van der Waals surface area contributed by atoms with Crippen LogP contribution in [0.3, 0.4) is 0 Å². The number of halogens is 1. The molecule has 0 spiro atoms. The number of benzene rings is 2. The molecule has 0 saturated heterocycles. The van der Waals surface area contributed by atoms with Gasteiger partial charge in [0.15, 0.2) is 11.5 Å². The topological polar surface area (TPSA) is 85.0 Å². The molecule has 6 nitrogen and oxygen atoms in total. The number of hydrogen-bond acceptors (Lipinski definition) is 5. The number of nitrogens with zero attached hydrogens (tertiary/aromatic N) is 1. The molecular formula is C21H27ClN2O4. The van der Waals surface area contributed by atoms with Crippen molar-refractivity contribution >= 4 is 18.3 Å². The van der Waals surface area contributed by atoms with E-state index in [1.165, 1.54) is 7.11 Å². The van der Waals surface area contributed by atoms with Crippen LogP contribution in [0.1, 0.15) is 18.1 Å². The van der Waals surface area contributed by atoms with E-state index in [4.69, 9.17) is 15.2 Å². The van der Waals surface area contributed by atoms with Crippen molar-refractivity contribution in [2.75, 3.05) is 20.3 Å². The van der Waals surface area contributed by atoms with Crippen molar-refractivity contribution in [3.63, 3.8) is 0 Å². The van der Waals surface area contributed by atoms with Crippen LogP contribution in [0, 0.1) is 6.92 Å². The van der Waals surface area contributed by atoms with Crippen LogP contribution in [0.5, 0.6) is 11.5 Å². The predicted octanol–water partition coefficient (Wildman–Crippen LogP) is 2.87. The van der Waals surface area contributed by atoms with Gasteiger partial charge in [-0.2, -0.15) is 0 Å². The second-order valence-electron chi connectivity index (χ2n) is 6.87. The Bertz CT molecular complexity index is 843. The first-order valence-electron chi connectivity index (χ1n) is 9.04. The number of hydrogen-bond donors (Lipinski definition) is 2. The first-order chi connectivity index (χ1) is 12.9. The molecule has 2 aromatic rings. The molecule has 1 heterocycles. The monoisotopic (exact) mass is 406 g/mol. The third kappa shape index (κ3) is 4.41. The predicted molar refractivity (Wildman–Crippen MR) is 111 cm³/mol. The van der Waals surface area contributed by atoms with Gasteiger partial charge >= 0.3 is 0 Å². The van der Waals surface area contributed by atoms with Crippen LogP contribution < -0.4 is 10.5 Å². The highest BCUT2D eigenvalue weighted by Gasteiger charge is 2.29. The van der Waals surface area contributed by atoms with Crippen LogP contribution in [0.25, 0.3) is 11.1 Å². The number of ether oxygens (including phenoxy) is 2. The molecule has 0 radical (unpaired) electrons. The Labute approximate surface area is 171 Å². The van der Waals surface area contributed by atoms with Crippen LogP contribution in [0.15, 0.2) is 36.4 Å². The first-order valence-corrected chi connectivity index (χ1v) is 9.04. The van der Waals surface area contributed by atoms with E-state index in [0.717, 1.165) is 22.3 Å². The summed E-state index contributed by atoms with van der Waals surface area (Å²) >= 11 is 0. The van der Waals surface area contributed by atoms with Crippen molar-refractivity contribution in [1.29, 1.82) is 0 Å². The summed E-state index contributed by atoms with van der Waals surface area (Å²) in [4.78, 5) is 14.4. The van der Waals surface area contributed by atoms with Gasteiger partial charge in [0.1, 0.15) is 12.6 Å². The zero-order chi connectivity index (χ0) is 19.6. The summed E-state index contributed by atoms with van der Waals surface area (Å²) < 4.78 is 10.9. The summed E-state index contributed by atoms with van der Waals surface area (Å²) in [6.07, 6.45) is -0.382. The first kappa shape index (κ1) is 22.0. The van der Waals surface area contributed by atoms with Gasteiger partial charge in [-0.15, -0.1) is 12.4 Å². The molecule has 2 atom stereocenters. The highest BCUT2D eigenvalue weighted by Crippen LogP contribution is 2.38. The average molecular weight is 407 g/mol. The lowest BCUT2D eigenvalue weighted by atomic mass is 9.97. The molecule has 1 aliphatic heterocycles. The fraction of sp³-hybridized carbons (Fsp3) is 0.381. The molecule has 2 aromatic carbocycles. The number of nitrogens with two attached hydrogens (primary N) is 1. The number of aromatic hydroxyl groups is 1. The molecule has 7 heteroatoms. The van der Waals surface area contributed by atoms with Gasteiger partial charge in [-0.3, -0.25) is 4.79 Å². The summed E-state index contributed by atoms with van der Waals surface area (Å²) in [6.45, 7) is 4.81. The number of aryl methyl sites for hydroxylation is 1. The molecule has 0 saturated carbocycles. The Morgan fingerprint density at radius 1 is 1.32 bits per heavy atom. The number of carbonyl (C=O) groups excluding carboxylic acids is 1. The van der Waals surface area contributed by atoms with Gasteiger partial charge in [0.2, 0.25) is 5.91 Å². The average Bonchev–Trinajstić information content (AvgIpc) is 2.89. The Balaban J connectivity index is 0.00000280. The SMILES string of the molecule is CO[C@H](C)[C@H](N)C(=O)N1CCOc2c(O)cc(-c3ccccc3C)cc2C1.Cl. The van der Waals surface area contributed by atoms with E-state index in [-0.39, 0.29) is 30.2 Å². The molecule has 0 aromatic heterocycles. The van der Waals surface area contributed by atoms with Gasteiger partial charge < -0.3 is 25.2 Å². The van der Waals surface area contributed by atoms with E-state index in [2.05, 4.69) is 0 Å². The van der Waals surface area contributed by atoms with E-state index in [1.54, 1.807) is 17.9 Å². The number of methoxy groups -OCH3 is 1. The molecule has 3 N–H and O–H groups in total. The van der Waals surface area contributed by atoms with Crippen molar-refractivity contribution in [2.45, 2.75) is 32.5 Å². The molecule has 0 unspecified atom stereocenters. The van der Waals surface area contributed by atoms with Gasteiger partial charge in [-0.25, -0.2) is 0 Å². The van der Waals surface area contributed by atoms with E-state index in [0.29, 0.717) is 25.4 Å². The minimum atomic E-state index is -0.746. The van der Waals surface area contributed by atoms with E-state index < -0.39 is 6.04 Å². The van der Waals surface area contributed by atoms with Gasteiger partial charge in [-0.05, 0) is 42.7 Å². The fourth-order valence-electron chi connectivity index (χ4n) is 3.30. The number of rotatable bonds is 4. The second-order valence-corrected chi connectivity index (χ2v) is 6.87. The zero-order valence-corrected chi connectivity index (χ0v) is 17.2. The Kier molecular flexibility index (Phi) is 7.29. The molecule has 152 valence electrons. The molecule has 1 aliphatic rings. The summed E-state index contributed by atoms with van der Waals surface area (Å²) in [5.41, 5.74) is 9.82. The Morgan fingerprint density at radius 3 is 2.71 bits per heavy atom. The van der Waals surface area contributed by atoms with Crippen LogP contribution >= 0.6 is 12.4 Å². The van der Waals surface area contributed by atoms with Gasteiger partial charge in [0, 0.05) is 19.2 Å². The molecule has 3 rings (SSSR count). The normalized spacial score (nSPS) is 15.5. The van der Waals surface area contributed by atoms with Crippen molar-refractivity contribution < 1.29 is 19.4 Å². The van der Waals surface area contributed by atoms with Crippen LogP contribution in [0.4, 0.5) is 0 Å². The smallest absolute Gasteiger partial charge is 0.242 e. The van der Waals surface area contributed by atoms with Crippen LogP contribution in [-0.2, 0) is 16.1 Å². The maximum atomic E-state index is 12.8. The maximum Gasteiger partial charge on any atom is 0.242 e. The molecule has 28 heavy (non-hydrogen) atoms. The summed E-state index contributed by atoms with van der Waals surface area (Å²) in [5.74, 6) is 0.312. The van der Waals surface area contributed by atoms with Gasteiger partial charge in [0.25, 0.3) is 0 Å². The van der Waals surface area contributed by atoms with Gasteiger partial charge in [0.05, 0.1) is 12.6 Å². The Morgan fingerprint density at radius 2 is 2.04 bits per heavy atom. The zero-order valence-electron chi connectivity index (χ0n) is 16.3. The minimum absolute atomic E-state index is 0. The lowest BCUT2D eigenvalue weighted by Gasteiger charge is -2.26. The minimum Gasteiger partial charge on any atom is -0.504 e. The largest absolute Gasteiger partial charge is 0.504 e. The standard InChI is InChI=1S/C21H26N2O4.ClH/c1-13-6-4-5-7-17(13)15-10-16-12-23(21(25)19(22)14(2)26-3)8-9-27-20(16)18(24)11-15;/h4-7,10-11,14,19,24H,8-9,12,22H2,1-3H3;1H/t14-,19+;/m1./s1. The fourth-order valence-corrected chi connectivity index (χ4v) is 3.30. The lowest BCUT2D eigenvalue weighted by molar-refractivity contribution is -0.136. The van der Waals surface area contributed by atoms with E-state index in [9.17, 15) is 9.90 Å². The lowest BCUT2D eigenvalue weighted by Crippen LogP contribution is -2.50. The number of carbonyl (C=O) groups is 1. The van der Waals surface area contributed by atoms with Crippen molar-refractivity contribution in [3.05, 3.63) is 47.5 Å². The van der Waals surface area contributed by atoms with Gasteiger partial charge in [-0.1, -0.05) is 24.3 Å². The summed E-state index contributed by atoms with van der Waals surface area (Å²) in [6, 6.07) is 10.9. The number of phenolic OH excluding ortho intramolecular Hbond substituents is 1. The third-order valence-corrected chi connectivity index (χ3v) is 5.05. The quantitative estimate of drug-likeness (QED) is 0.815. The second kappa shape index (κ2) is 9.28. The van der Waals surface area contributed by atoms with E-state index >= 15 is 0 Å². The number of amides is 1. The molecule has 1 amide bonds. The molecule has 0 bridgehead atoms. The highest BCUT2D eigenvalue weighted by atomic mass is 35.5. The van der Waals surface area contributed by atoms with Crippen molar-refractivity contribution in [1.82, 2.24) is 4.90 Å². The highest BCUT2D eigenvalue weighted by molar-refractivity contribution is 5.85. The van der Waals surface area contributed by atoms with Crippen molar-refractivity contribution in [2.24, 2.45) is 5.73 Å². The Hall–Kier alpha value is -2.28. The molecular weight excluding hydrogens is 380 g/mol. The molecule has 0 fully saturated rings. The summed E-state index contributed by atoms with van der Waals surface area (Å²) in [7, 11) is 1.53. The number of fused-ring (bicyclic) bond motifs is 1. The van der Waals surface area contributed by atoms with Crippen LogP contribution in [0.2, 0.25) is 0 Å². The van der Waals surface area contributed by atoms with Crippen LogP contribution in [-0.4, -0.2) is 48.3 Å².